The number of rotatable bonds is 5. The average molecular weight is 428 g/mol. The summed E-state index contributed by atoms with van der Waals surface area (Å²) in [5.74, 6) is 0. The van der Waals surface area contributed by atoms with Gasteiger partial charge in [-0.25, -0.2) is 0 Å². The van der Waals surface area contributed by atoms with Gasteiger partial charge in [0.2, 0.25) is 5.52 Å². The van der Waals surface area contributed by atoms with E-state index in [2.05, 4.69) is 114 Å². The molecule has 2 heteroatoms. The second kappa shape index (κ2) is 9.82. The lowest BCUT2D eigenvalue weighted by molar-refractivity contribution is -0.660. The van der Waals surface area contributed by atoms with Crippen molar-refractivity contribution in [1.29, 1.82) is 0 Å². The minimum Gasteiger partial charge on any atom is -1.00 e. The molecule has 0 saturated carbocycles. The third-order valence-electron chi connectivity index (χ3n) is 4.63. The fourth-order valence-electron chi connectivity index (χ4n) is 3.23. The van der Waals surface area contributed by atoms with Crippen molar-refractivity contribution in [3.63, 3.8) is 0 Å². The number of allylic oxidation sites excluding steroid dienone is 1. The summed E-state index contributed by atoms with van der Waals surface area (Å²) in [5.41, 5.74) is 4.91. The van der Waals surface area contributed by atoms with Crippen LogP contribution in [-0.2, 0) is 6.54 Å². The van der Waals surface area contributed by atoms with Crippen molar-refractivity contribution in [3.8, 4) is 0 Å². The maximum Gasteiger partial charge on any atom is 0.213 e. The Labute approximate surface area is 177 Å². The van der Waals surface area contributed by atoms with Crippen LogP contribution in [-0.4, -0.2) is 0 Å². The minimum atomic E-state index is 0. The topological polar surface area (TPSA) is 3.88 Å². The van der Waals surface area contributed by atoms with Crippen molar-refractivity contribution in [2.75, 3.05) is 0 Å². The van der Waals surface area contributed by atoms with E-state index in [9.17, 15) is 0 Å². The van der Waals surface area contributed by atoms with Crippen LogP contribution >= 0.6 is 0 Å². The molecule has 0 N–H and O–H groups in total. The van der Waals surface area contributed by atoms with Gasteiger partial charge in [-0.05, 0) is 28.8 Å². The standard InChI is InChI=1S/C26H22N.BrH/c1-3-10-22(11-4-1)14-9-20-27-21-19-24(25-15-7-8-16-26(25)27)18-17-23-12-5-2-6-13-23;/h1-19,21H,20H2;1H/q+1;/p-1/b14-9+,18-17+;. The first-order valence-corrected chi connectivity index (χ1v) is 9.26. The number of halogens is 1. The van der Waals surface area contributed by atoms with E-state index in [1.165, 1.54) is 27.6 Å². The second-order valence-electron chi connectivity index (χ2n) is 6.50. The molecule has 0 aliphatic rings. The Hall–Kier alpha value is -2.97. The summed E-state index contributed by atoms with van der Waals surface area (Å²) in [6.45, 7) is 0.845. The van der Waals surface area contributed by atoms with Crippen LogP contribution in [0.2, 0.25) is 0 Å². The summed E-state index contributed by atoms with van der Waals surface area (Å²) in [6.07, 6.45) is 10.9. The van der Waals surface area contributed by atoms with Gasteiger partial charge < -0.3 is 17.0 Å². The van der Waals surface area contributed by atoms with Gasteiger partial charge in [0.25, 0.3) is 0 Å². The third-order valence-corrected chi connectivity index (χ3v) is 4.63. The van der Waals surface area contributed by atoms with Crippen LogP contribution in [0.15, 0.2) is 103 Å². The Morgan fingerprint density at radius 2 is 1.21 bits per heavy atom. The highest BCUT2D eigenvalue weighted by molar-refractivity contribution is 5.88. The number of aromatic nitrogens is 1. The molecule has 1 heterocycles. The van der Waals surface area contributed by atoms with Gasteiger partial charge in [0.15, 0.2) is 12.7 Å². The first-order valence-electron chi connectivity index (χ1n) is 9.26. The van der Waals surface area contributed by atoms with Gasteiger partial charge in [-0.15, -0.1) is 0 Å². The summed E-state index contributed by atoms with van der Waals surface area (Å²) in [4.78, 5) is 0. The van der Waals surface area contributed by atoms with E-state index in [1.807, 2.05) is 12.1 Å². The Bertz CT molecular complexity index is 1080. The molecule has 1 aromatic heterocycles. The molecule has 0 bridgehead atoms. The quantitative estimate of drug-likeness (QED) is 0.431. The van der Waals surface area contributed by atoms with Gasteiger partial charge in [-0.2, -0.15) is 4.57 Å². The molecule has 0 aliphatic carbocycles. The van der Waals surface area contributed by atoms with Crippen LogP contribution in [0.5, 0.6) is 0 Å². The highest BCUT2D eigenvalue weighted by Gasteiger charge is 2.09. The van der Waals surface area contributed by atoms with Crippen molar-refractivity contribution < 1.29 is 21.5 Å². The Morgan fingerprint density at radius 1 is 0.607 bits per heavy atom. The molecule has 1 nitrogen and oxygen atoms in total. The van der Waals surface area contributed by atoms with E-state index in [1.54, 1.807) is 0 Å². The predicted molar refractivity (Wildman–Crippen MR) is 115 cm³/mol. The largest absolute Gasteiger partial charge is 1.00 e. The molecular formula is C26H22BrN. The average Bonchev–Trinajstić information content (AvgIpc) is 2.74. The molecule has 4 rings (SSSR count). The zero-order valence-electron chi connectivity index (χ0n) is 15.6. The molecule has 0 saturated heterocycles. The van der Waals surface area contributed by atoms with Crippen LogP contribution in [0.4, 0.5) is 0 Å². The molecule has 138 valence electrons. The maximum absolute atomic E-state index is 2.29. The second-order valence-corrected chi connectivity index (χ2v) is 6.50. The normalized spacial score (nSPS) is 11.1. The van der Waals surface area contributed by atoms with E-state index >= 15 is 0 Å². The van der Waals surface area contributed by atoms with Gasteiger partial charge >= 0.3 is 0 Å². The lowest BCUT2D eigenvalue weighted by Gasteiger charge is -2.03. The molecule has 0 spiro atoms. The van der Waals surface area contributed by atoms with E-state index in [0.29, 0.717) is 0 Å². The van der Waals surface area contributed by atoms with Crippen LogP contribution < -0.4 is 21.5 Å². The van der Waals surface area contributed by atoms with Gasteiger partial charge in [0.1, 0.15) is 0 Å². The summed E-state index contributed by atoms with van der Waals surface area (Å²) in [6, 6.07) is 31.6. The Kier molecular flexibility index (Phi) is 6.94. The molecule has 0 fully saturated rings. The van der Waals surface area contributed by atoms with Gasteiger partial charge in [0, 0.05) is 12.1 Å². The summed E-state index contributed by atoms with van der Waals surface area (Å²) < 4.78 is 2.29. The first kappa shape index (κ1) is 19.8. The molecular weight excluding hydrogens is 406 g/mol. The third kappa shape index (κ3) is 4.85. The smallest absolute Gasteiger partial charge is 0.213 e. The highest BCUT2D eigenvalue weighted by Crippen LogP contribution is 2.18. The van der Waals surface area contributed by atoms with Crippen LogP contribution in [0.25, 0.3) is 29.1 Å². The van der Waals surface area contributed by atoms with Crippen molar-refractivity contribution in [1.82, 2.24) is 0 Å². The van der Waals surface area contributed by atoms with Crippen molar-refractivity contribution in [3.05, 3.63) is 120 Å². The molecule has 28 heavy (non-hydrogen) atoms. The molecule has 0 amide bonds. The van der Waals surface area contributed by atoms with E-state index in [0.717, 1.165) is 6.54 Å². The first-order chi connectivity index (χ1) is 13.4. The fourth-order valence-corrected chi connectivity index (χ4v) is 3.23. The fraction of sp³-hybridized carbons (Fsp3) is 0.0385. The van der Waals surface area contributed by atoms with Crippen molar-refractivity contribution >= 4 is 29.1 Å². The lowest BCUT2D eigenvalue weighted by atomic mass is 10.1. The van der Waals surface area contributed by atoms with Gasteiger partial charge in [-0.1, -0.05) is 91.0 Å². The summed E-state index contributed by atoms with van der Waals surface area (Å²) >= 11 is 0. The number of pyridine rings is 1. The van der Waals surface area contributed by atoms with E-state index < -0.39 is 0 Å². The maximum atomic E-state index is 2.29. The van der Waals surface area contributed by atoms with Crippen LogP contribution in [0.1, 0.15) is 16.7 Å². The number of nitrogens with zero attached hydrogens (tertiary/aromatic N) is 1. The van der Waals surface area contributed by atoms with E-state index in [4.69, 9.17) is 0 Å². The number of hydrogen-bond donors (Lipinski definition) is 0. The summed E-state index contributed by atoms with van der Waals surface area (Å²) in [5, 5.41) is 1.26. The van der Waals surface area contributed by atoms with Crippen molar-refractivity contribution in [2.24, 2.45) is 0 Å². The number of benzene rings is 3. The van der Waals surface area contributed by atoms with Crippen LogP contribution in [0, 0.1) is 0 Å². The molecule has 3 aromatic carbocycles. The molecule has 0 radical (unpaired) electrons. The number of fused-ring (bicyclic) bond motifs is 1. The molecule has 4 aromatic rings. The summed E-state index contributed by atoms with van der Waals surface area (Å²) in [7, 11) is 0. The Morgan fingerprint density at radius 3 is 1.93 bits per heavy atom. The van der Waals surface area contributed by atoms with Gasteiger partial charge in [-0.3, -0.25) is 0 Å². The SMILES string of the molecule is C(=C\c1ccccc1)/C[n+]1ccc(/C=C/c2ccccc2)c2ccccc21.[Br-]. The van der Waals surface area contributed by atoms with Crippen molar-refractivity contribution in [2.45, 2.75) is 6.54 Å². The number of para-hydroxylation sites is 1. The monoisotopic (exact) mass is 427 g/mol. The predicted octanol–water partition coefficient (Wildman–Crippen LogP) is 3.02. The van der Waals surface area contributed by atoms with Gasteiger partial charge in [0.05, 0.1) is 5.39 Å². The zero-order valence-corrected chi connectivity index (χ0v) is 17.2. The minimum absolute atomic E-state index is 0. The molecule has 0 atom stereocenters. The Balaban J connectivity index is 0.00000225. The molecule has 0 unspecified atom stereocenters. The van der Waals surface area contributed by atoms with E-state index in [-0.39, 0.29) is 17.0 Å². The lowest BCUT2D eigenvalue weighted by Crippen LogP contribution is -3.00. The van der Waals surface area contributed by atoms with Crippen LogP contribution in [0.3, 0.4) is 0 Å². The number of hydrogen-bond acceptors (Lipinski definition) is 0. The zero-order chi connectivity index (χ0) is 18.3. The highest BCUT2D eigenvalue weighted by atomic mass is 79.9. The molecule has 0 aliphatic heterocycles.